The fourth-order valence-corrected chi connectivity index (χ4v) is 4.76. The Labute approximate surface area is 228 Å². The summed E-state index contributed by atoms with van der Waals surface area (Å²) in [6.07, 6.45) is 0.589. The van der Waals surface area contributed by atoms with Gasteiger partial charge in [0, 0.05) is 17.8 Å². The zero-order chi connectivity index (χ0) is 26.7. The number of benzene rings is 2. The molecule has 2 heterocycles. The van der Waals surface area contributed by atoms with E-state index in [1.165, 1.54) is 6.92 Å². The molecule has 0 bridgehead atoms. The number of aromatic nitrogens is 3. The van der Waals surface area contributed by atoms with Crippen molar-refractivity contribution < 1.29 is 9.18 Å². The number of aryl methyl sites for hydroxylation is 2. The van der Waals surface area contributed by atoms with Gasteiger partial charge in [0.2, 0.25) is 0 Å². The lowest BCUT2D eigenvalue weighted by Crippen LogP contribution is -2.42. The first-order valence-electron chi connectivity index (χ1n) is 12.6. The van der Waals surface area contributed by atoms with E-state index in [4.69, 9.17) is 5.73 Å². The number of carbonyl (C=O) groups excluding carboxylic acids is 1. The highest BCUT2D eigenvalue weighted by atomic mass is 35.5. The first kappa shape index (κ1) is 29.1. The third-order valence-electron chi connectivity index (χ3n) is 6.65. The molecule has 202 valence electrons. The highest BCUT2D eigenvalue weighted by Crippen LogP contribution is 2.31. The van der Waals surface area contributed by atoms with E-state index in [1.807, 2.05) is 75.4 Å². The number of halogens is 2. The Hall–Kier alpha value is -3.49. The summed E-state index contributed by atoms with van der Waals surface area (Å²) in [6.45, 7) is 8.59. The molecule has 0 saturated carbocycles. The van der Waals surface area contributed by atoms with Crippen LogP contribution in [0.25, 0.3) is 5.52 Å². The molecule has 0 fully saturated rings. The molecule has 0 aliphatic carbocycles. The van der Waals surface area contributed by atoms with E-state index < -0.39 is 17.5 Å². The van der Waals surface area contributed by atoms with Gasteiger partial charge in [-0.3, -0.25) is 9.36 Å². The minimum atomic E-state index is -0.536. The standard InChI is InChI=1S/C29H34FN5O2.ClH/c1-19(2)27(33(16-8-15-31)28(36)23-13-11-20(3)12-14-23)25-17-24-26(30)21(4)32-35(24)29(37)34(25)18-22-9-6-5-7-10-22;/h5-7,9-14,17,19,27H,8,15-16,18,31H2,1-4H3;1H/t27-;/m1./s1. The summed E-state index contributed by atoms with van der Waals surface area (Å²) in [7, 11) is 0. The van der Waals surface area contributed by atoms with Gasteiger partial charge in [-0.1, -0.05) is 61.9 Å². The molecule has 1 amide bonds. The molecule has 0 aliphatic rings. The second kappa shape index (κ2) is 12.4. The molecule has 0 aliphatic heterocycles. The predicted octanol–water partition coefficient (Wildman–Crippen LogP) is 4.91. The van der Waals surface area contributed by atoms with Crippen molar-refractivity contribution in [3.8, 4) is 0 Å². The van der Waals surface area contributed by atoms with Crippen molar-refractivity contribution in [3.05, 3.63) is 105 Å². The summed E-state index contributed by atoms with van der Waals surface area (Å²) < 4.78 is 17.8. The fraction of sp³-hybridized carbons (Fsp3) is 0.345. The van der Waals surface area contributed by atoms with Crippen molar-refractivity contribution in [2.24, 2.45) is 11.7 Å². The summed E-state index contributed by atoms with van der Waals surface area (Å²) in [5.74, 6) is -0.773. The Morgan fingerprint density at radius 2 is 1.74 bits per heavy atom. The van der Waals surface area contributed by atoms with Gasteiger partial charge < -0.3 is 10.6 Å². The molecule has 4 rings (SSSR count). The van der Waals surface area contributed by atoms with E-state index in [2.05, 4.69) is 5.10 Å². The van der Waals surface area contributed by atoms with E-state index in [9.17, 15) is 9.59 Å². The molecule has 7 nitrogen and oxygen atoms in total. The van der Waals surface area contributed by atoms with Crippen LogP contribution in [0.5, 0.6) is 0 Å². The molecule has 4 aromatic rings. The van der Waals surface area contributed by atoms with Crippen molar-refractivity contribution in [2.75, 3.05) is 13.1 Å². The lowest BCUT2D eigenvalue weighted by Gasteiger charge is -2.36. The van der Waals surface area contributed by atoms with Crippen LogP contribution in [0.2, 0.25) is 0 Å². The topological polar surface area (TPSA) is 85.6 Å². The Morgan fingerprint density at radius 1 is 1.08 bits per heavy atom. The van der Waals surface area contributed by atoms with Crippen molar-refractivity contribution >= 4 is 23.8 Å². The molecule has 0 unspecified atom stereocenters. The number of fused-ring (bicyclic) bond motifs is 1. The monoisotopic (exact) mass is 539 g/mol. The van der Waals surface area contributed by atoms with Crippen molar-refractivity contribution in [3.63, 3.8) is 0 Å². The number of rotatable bonds is 9. The van der Waals surface area contributed by atoms with Crippen LogP contribution in [0.4, 0.5) is 4.39 Å². The number of nitrogens with zero attached hydrogens (tertiary/aromatic N) is 4. The quantitative estimate of drug-likeness (QED) is 0.327. The van der Waals surface area contributed by atoms with E-state index in [0.717, 1.165) is 15.6 Å². The Morgan fingerprint density at radius 3 is 2.34 bits per heavy atom. The van der Waals surface area contributed by atoms with E-state index >= 15 is 4.39 Å². The van der Waals surface area contributed by atoms with Crippen LogP contribution >= 0.6 is 12.4 Å². The summed E-state index contributed by atoms with van der Waals surface area (Å²) in [5, 5.41) is 4.16. The smallest absolute Gasteiger partial charge is 0.330 e. The average Bonchev–Trinajstić information content (AvgIpc) is 3.17. The van der Waals surface area contributed by atoms with Crippen LogP contribution in [-0.4, -0.2) is 38.1 Å². The zero-order valence-electron chi connectivity index (χ0n) is 22.2. The van der Waals surface area contributed by atoms with E-state index in [-0.39, 0.29) is 42.0 Å². The third kappa shape index (κ3) is 5.81. The molecule has 9 heteroatoms. The Kier molecular flexibility index (Phi) is 9.46. The van der Waals surface area contributed by atoms with Gasteiger partial charge in [-0.2, -0.15) is 9.61 Å². The molecule has 1 atom stereocenters. The normalized spacial score (nSPS) is 12.0. The molecule has 2 aromatic carbocycles. The molecular formula is C29H35ClFN5O2. The Balaban J connectivity index is 0.00000400. The van der Waals surface area contributed by atoms with E-state index in [1.54, 1.807) is 15.5 Å². The first-order valence-corrected chi connectivity index (χ1v) is 12.6. The number of hydrogen-bond donors (Lipinski definition) is 1. The molecule has 2 aromatic heterocycles. The SMILES string of the molecule is Cc1ccc(C(=O)N(CCCN)[C@@H](c2cc3c(F)c(C)nn3c(=O)n2Cc2ccccc2)C(C)C)cc1.Cl. The maximum absolute atomic E-state index is 15.1. The summed E-state index contributed by atoms with van der Waals surface area (Å²) in [5.41, 5.74) is 8.74. The maximum atomic E-state index is 15.1. The van der Waals surface area contributed by atoms with Gasteiger partial charge in [0.1, 0.15) is 5.52 Å². The molecule has 0 saturated heterocycles. The van der Waals surface area contributed by atoms with Gasteiger partial charge in [-0.15, -0.1) is 12.4 Å². The van der Waals surface area contributed by atoms with Gasteiger partial charge in [-0.05, 0) is 56.5 Å². The number of nitrogens with two attached hydrogens (primary N) is 1. The lowest BCUT2D eigenvalue weighted by molar-refractivity contribution is 0.0609. The first-order chi connectivity index (χ1) is 17.7. The van der Waals surface area contributed by atoms with Crippen LogP contribution in [0.1, 0.15) is 59.2 Å². The van der Waals surface area contributed by atoms with Crippen molar-refractivity contribution in [2.45, 2.75) is 46.7 Å². The second-order valence-electron chi connectivity index (χ2n) is 9.82. The number of carbonyl (C=O) groups is 1. The van der Waals surface area contributed by atoms with E-state index in [0.29, 0.717) is 30.8 Å². The molecule has 0 spiro atoms. The molecule has 38 heavy (non-hydrogen) atoms. The fourth-order valence-electron chi connectivity index (χ4n) is 4.76. The minimum Gasteiger partial charge on any atom is -0.330 e. The van der Waals surface area contributed by atoms with Gasteiger partial charge in [0.25, 0.3) is 5.91 Å². The average molecular weight is 540 g/mol. The highest BCUT2D eigenvalue weighted by molar-refractivity contribution is 5.94. The van der Waals surface area contributed by atoms with Gasteiger partial charge in [0.15, 0.2) is 5.82 Å². The molecule has 2 N–H and O–H groups in total. The second-order valence-corrected chi connectivity index (χ2v) is 9.82. The third-order valence-corrected chi connectivity index (χ3v) is 6.65. The predicted molar refractivity (Wildman–Crippen MR) is 150 cm³/mol. The van der Waals surface area contributed by atoms with Crippen molar-refractivity contribution in [1.29, 1.82) is 0 Å². The van der Waals surface area contributed by atoms with Crippen LogP contribution < -0.4 is 11.4 Å². The van der Waals surface area contributed by atoms with Crippen LogP contribution in [0.3, 0.4) is 0 Å². The highest BCUT2D eigenvalue weighted by Gasteiger charge is 2.32. The zero-order valence-corrected chi connectivity index (χ0v) is 23.0. The lowest BCUT2D eigenvalue weighted by atomic mass is 9.96. The number of amides is 1. The van der Waals surface area contributed by atoms with Crippen LogP contribution in [-0.2, 0) is 6.54 Å². The summed E-state index contributed by atoms with van der Waals surface area (Å²) >= 11 is 0. The maximum Gasteiger partial charge on any atom is 0.349 e. The van der Waals surface area contributed by atoms with Gasteiger partial charge in [0.05, 0.1) is 18.3 Å². The Bertz CT molecular complexity index is 1450. The van der Waals surface area contributed by atoms with Crippen LogP contribution in [0.15, 0.2) is 65.5 Å². The summed E-state index contributed by atoms with van der Waals surface area (Å²) in [4.78, 5) is 29.4. The largest absolute Gasteiger partial charge is 0.349 e. The molecular weight excluding hydrogens is 505 g/mol. The van der Waals surface area contributed by atoms with Crippen LogP contribution in [0, 0.1) is 25.6 Å². The molecule has 0 radical (unpaired) electrons. The number of hydrogen-bond acceptors (Lipinski definition) is 4. The van der Waals surface area contributed by atoms with Gasteiger partial charge in [-0.25, -0.2) is 9.18 Å². The van der Waals surface area contributed by atoms with Gasteiger partial charge >= 0.3 is 5.69 Å². The van der Waals surface area contributed by atoms with Crippen molar-refractivity contribution in [1.82, 2.24) is 19.1 Å². The summed E-state index contributed by atoms with van der Waals surface area (Å²) in [6, 6.07) is 18.2. The minimum absolute atomic E-state index is 0.